The molecule has 4 nitrogen and oxygen atoms in total. The predicted octanol–water partition coefficient (Wildman–Crippen LogP) is 2.76. The molecular formula is C15H9FN2O2. The van der Waals surface area contributed by atoms with Gasteiger partial charge in [-0.05, 0) is 30.3 Å². The first-order chi connectivity index (χ1) is 9.63. The number of benzene rings is 2. The lowest BCUT2D eigenvalue weighted by atomic mass is 10.1. The Bertz CT molecular complexity index is 752. The third-order valence-electron chi connectivity index (χ3n) is 3.28. The van der Waals surface area contributed by atoms with Crippen LogP contribution in [0.1, 0.15) is 22.0 Å². The number of rotatable bonds is 1. The molecule has 1 amide bonds. The van der Waals surface area contributed by atoms with Gasteiger partial charge in [0, 0.05) is 11.1 Å². The van der Waals surface area contributed by atoms with Gasteiger partial charge in [-0.3, -0.25) is 9.69 Å². The molecule has 0 bridgehead atoms. The van der Waals surface area contributed by atoms with Crippen molar-refractivity contribution in [3.63, 3.8) is 0 Å². The van der Waals surface area contributed by atoms with Crippen molar-refractivity contribution in [3.8, 4) is 11.8 Å². The Morgan fingerprint density at radius 1 is 1.25 bits per heavy atom. The maximum atomic E-state index is 13.3. The van der Waals surface area contributed by atoms with Crippen molar-refractivity contribution in [2.75, 3.05) is 4.90 Å². The molecule has 1 aliphatic heterocycles. The number of nitriles is 1. The largest absolute Gasteiger partial charge is 0.506 e. The van der Waals surface area contributed by atoms with Gasteiger partial charge in [-0.15, -0.1) is 0 Å². The van der Waals surface area contributed by atoms with E-state index in [0.29, 0.717) is 5.56 Å². The molecule has 0 aromatic heterocycles. The number of aromatic hydroxyl groups is 1. The van der Waals surface area contributed by atoms with Crippen LogP contribution in [0.2, 0.25) is 0 Å². The number of amides is 1. The monoisotopic (exact) mass is 268 g/mol. The van der Waals surface area contributed by atoms with Crippen molar-refractivity contribution in [2.24, 2.45) is 0 Å². The fourth-order valence-electron chi connectivity index (χ4n) is 2.38. The summed E-state index contributed by atoms with van der Waals surface area (Å²) in [5.41, 5.74) is 0.836. The molecule has 0 fully saturated rings. The van der Waals surface area contributed by atoms with E-state index in [1.165, 1.54) is 29.2 Å². The van der Waals surface area contributed by atoms with E-state index < -0.39 is 17.8 Å². The first-order valence-corrected chi connectivity index (χ1v) is 5.94. The van der Waals surface area contributed by atoms with Crippen LogP contribution in [0, 0.1) is 17.1 Å². The Balaban J connectivity index is 2.18. The van der Waals surface area contributed by atoms with Crippen molar-refractivity contribution < 1.29 is 14.3 Å². The first kappa shape index (κ1) is 12.2. The number of nitrogens with zero attached hydrogens (tertiary/aromatic N) is 2. The summed E-state index contributed by atoms with van der Waals surface area (Å²) in [6, 6.07) is 11.0. The van der Waals surface area contributed by atoms with Gasteiger partial charge in [-0.1, -0.05) is 12.1 Å². The molecule has 0 saturated heterocycles. The zero-order chi connectivity index (χ0) is 14.3. The highest BCUT2D eigenvalue weighted by atomic mass is 19.1. The second-order valence-electron chi connectivity index (χ2n) is 4.43. The first-order valence-electron chi connectivity index (χ1n) is 5.94. The Labute approximate surface area is 114 Å². The van der Waals surface area contributed by atoms with Crippen molar-refractivity contribution in [1.29, 1.82) is 5.26 Å². The number of hydrogen-bond donors (Lipinski definition) is 1. The maximum absolute atomic E-state index is 13.3. The van der Waals surface area contributed by atoms with Gasteiger partial charge in [-0.2, -0.15) is 5.26 Å². The van der Waals surface area contributed by atoms with Crippen molar-refractivity contribution in [1.82, 2.24) is 0 Å². The molecular weight excluding hydrogens is 259 g/mol. The molecule has 2 aromatic rings. The van der Waals surface area contributed by atoms with E-state index in [1.807, 2.05) is 6.07 Å². The normalized spacial score (nSPS) is 16.9. The smallest absolute Gasteiger partial charge is 0.260 e. The fourth-order valence-corrected chi connectivity index (χ4v) is 2.38. The lowest BCUT2D eigenvalue weighted by molar-refractivity contribution is 0.0993. The molecule has 2 aromatic carbocycles. The van der Waals surface area contributed by atoms with E-state index in [2.05, 4.69) is 0 Å². The molecule has 0 saturated carbocycles. The Morgan fingerprint density at radius 3 is 2.70 bits per heavy atom. The highest BCUT2D eigenvalue weighted by molar-refractivity contribution is 6.12. The van der Waals surface area contributed by atoms with E-state index in [-0.39, 0.29) is 17.0 Å². The van der Waals surface area contributed by atoms with E-state index in [0.717, 1.165) is 0 Å². The van der Waals surface area contributed by atoms with Crippen molar-refractivity contribution in [2.45, 2.75) is 6.04 Å². The summed E-state index contributed by atoms with van der Waals surface area (Å²) in [6.45, 7) is 0. The number of carbonyl (C=O) groups is 1. The van der Waals surface area contributed by atoms with Gasteiger partial charge in [0.25, 0.3) is 5.91 Å². The van der Waals surface area contributed by atoms with E-state index in [4.69, 9.17) is 0 Å². The van der Waals surface area contributed by atoms with Gasteiger partial charge in [0.05, 0.1) is 11.8 Å². The predicted molar refractivity (Wildman–Crippen MR) is 69.7 cm³/mol. The third-order valence-corrected chi connectivity index (χ3v) is 3.28. The van der Waals surface area contributed by atoms with Crippen LogP contribution in [0.4, 0.5) is 10.1 Å². The zero-order valence-electron chi connectivity index (χ0n) is 10.2. The van der Waals surface area contributed by atoms with Crippen molar-refractivity contribution in [3.05, 3.63) is 59.4 Å². The van der Waals surface area contributed by atoms with Crippen LogP contribution in [0.15, 0.2) is 42.5 Å². The fraction of sp³-hybridized carbons (Fsp3) is 0.0667. The minimum Gasteiger partial charge on any atom is -0.506 e. The number of carbonyl (C=O) groups excluding carboxylic acids is 1. The molecule has 1 unspecified atom stereocenters. The molecule has 1 aliphatic rings. The standard InChI is InChI=1S/C15H9FN2O2/c16-9-5-6-10-11(7-9)13(8-17)18(15(10)20)12-3-1-2-4-14(12)19/h1-7,13,19H. The molecule has 1 N–H and O–H groups in total. The second kappa shape index (κ2) is 4.35. The SMILES string of the molecule is N#CC1c2cc(F)ccc2C(=O)N1c1ccccc1O. The molecule has 98 valence electrons. The molecule has 0 radical (unpaired) electrons. The molecule has 0 spiro atoms. The average Bonchev–Trinajstić information content (AvgIpc) is 2.71. The average molecular weight is 268 g/mol. The van der Waals surface area contributed by atoms with Gasteiger partial charge in [0.15, 0.2) is 6.04 Å². The van der Waals surface area contributed by atoms with Gasteiger partial charge >= 0.3 is 0 Å². The summed E-state index contributed by atoms with van der Waals surface area (Å²) in [5.74, 6) is -1.03. The molecule has 3 rings (SSSR count). The molecule has 1 atom stereocenters. The maximum Gasteiger partial charge on any atom is 0.260 e. The molecule has 5 heteroatoms. The van der Waals surface area contributed by atoms with Crippen LogP contribution in [0.25, 0.3) is 0 Å². The molecule has 1 heterocycles. The van der Waals surface area contributed by atoms with Crippen LogP contribution in [0.3, 0.4) is 0 Å². The highest BCUT2D eigenvalue weighted by Gasteiger charge is 2.39. The van der Waals surface area contributed by atoms with Crippen LogP contribution in [0.5, 0.6) is 5.75 Å². The third kappa shape index (κ3) is 1.62. The van der Waals surface area contributed by atoms with E-state index in [1.54, 1.807) is 18.2 Å². The number of phenols is 1. The lowest BCUT2D eigenvalue weighted by Crippen LogP contribution is -2.26. The van der Waals surface area contributed by atoms with Crippen LogP contribution >= 0.6 is 0 Å². The number of fused-ring (bicyclic) bond motifs is 1. The van der Waals surface area contributed by atoms with Gasteiger partial charge in [0.2, 0.25) is 0 Å². The molecule has 20 heavy (non-hydrogen) atoms. The van der Waals surface area contributed by atoms with Gasteiger partial charge in [-0.25, -0.2) is 4.39 Å². The summed E-state index contributed by atoms with van der Waals surface area (Å²) < 4.78 is 13.3. The van der Waals surface area contributed by atoms with Gasteiger partial charge in [0.1, 0.15) is 11.6 Å². The van der Waals surface area contributed by atoms with Crippen LogP contribution in [-0.4, -0.2) is 11.0 Å². The summed E-state index contributed by atoms with van der Waals surface area (Å²) >= 11 is 0. The Hall–Kier alpha value is -2.87. The van der Waals surface area contributed by atoms with E-state index in [9.17, 15) is 19.6 Å². The number of phenolic OH excluding ortho intramolecular Hbond substituents is 1. The minimum atomic E-state index is -0.943. The summed E-state index contributed by atoms with van der Waals surface area (Å²) in [6.07, 6.45) is 0. The lowest BCUT2D eigenvalue weighted by Gasteiger charge is -2.20. The van der Waals surface area contributed by atoms with Crippen molar-refractivity contribution >= 4 is 11.6 Å². The topological polar surface area (TPSA) is 64.3 Å². The second-order valence-corrected chi connectivity index (χ2v) is 4.43. The Kier molecular flexibility index (Phi) is 2.65. The van der Waals surface area contributed by atoms with E-state index >= 15 is 0 Å². The number of hydrogen-bond acceptors (Lipinski definition) is 3. The summed E-state index contributed by atoms with van der Waals surface area (Å²) in [7, 11) is 0. The quantitative estimate of drug-likeness (QED) is 0.864. The minimum absolute atomic E-state index is 0.102. The number of anilines is 1. The summed E-state index contributed by atoms with van der Waals surface area (Å²) in [4.78, 5) is 13.6. The number of para-hydroxylation sites is 2. The van der Waals surface area contributed by atoms with Crippen LogP contribution < -0.4 is 4.90 Å². The van der Waals surface area contributed by atoms with Crippen LogP contribution in [-0.2, 0) is 0 Å². The zero-order valence-corrected chi connectivity index (χ0v) is 10.2. The highest BCUT2D eigenvalue weighted by Crippen LogP contribution is 2.40. The Morgan fingerprint density at radius 2 is 2.00 bits per heavy atom. The van der Waals surface area contributed by atoms with Gasteiger partial charge < -0.3 is 5.11 Å². The number of halogens is 1. The molecule has 0 aliphatic carbocycles. The summed E-state index contributed by atoms with van der Waals surface area (Å²) in [5, 5.41) is 19.2.